The minimum Gasteiger partial charge on any atom is -0.344 e. The molecule has 6 nitrogen and oxygen atoms in total. The third-order valence-electron chi connectivity index (χ3n) is 4.12. The van der Waals surface area contributed by atoms with Gasteiger partial charge < -0.3 is 10.2 Å². The number of halogens is 1. The SMILES string of the molecule is Cn1cc(N2CC[C@H](NC(=O)CCc3ccccc3Cl)C2=O)cn1. The number of hydrogen-bond donors (Lipinski definition) is 1. The molecule has 2 aromatic rings. The first-order chi connectivity index (χ1) is 11.5. The number of rotatable bonds is 5. The molecule has 1 aliphatic heterocycles. The van der Waals surface area contributed by atoms with Crippen LogP contribution in [0.3, 0.4) is 0 Å². The van der Waals surface area contributed by atoms with Crippen LogP contribution in [0.5, 0.6) is 0 Å². The zero-order chi connectivity index (χ0) is 17.1. The quantitative estimate of drug-likeness (QED) is 0.899. The van der Waals surface area contributed by atoms with Gasteiger partial charge in [0, 0.05) is 31.2 Å². The average Bonchev–Trinajstić information content (AvgIpc) is 3.13. The Kier molecular flexibility index (Phi) is 4.85. The summed E-state index contributed by atoms with van der Waals surface area (Å²) in [6.45, 7) is 0.583. The van der Waals surface area contributed by atoms with E-state index in [9.17, 15) is 9.59 Å². The van der Waals surface area contributed by atoms with Gasteiger partial charge >= 0.3 is 0 Å². The standard InChI is InChI=1S/C17H19ClN4O2/c1-21-11-13(10-19-21)22-9-8-15(17(22)24)20-16(23)7-6-12-4-2-3-5-14(12)18/h2-5,10-11,15H,6-9H2,1H3,(H,20,23)/t15-/m0/s1. The molecule has 1 aromatic heterocycles. The molecule has 2 heterocycles. The van der Waals surface area contributed by atoms with E-state index in [2.05, 4.69) is 10.4 Å². The van der Waals surface area contributed by atoms with Crippen LogP contribution < -0.4 is 10.2 Å². The maximum Gasteiger partial charge on any atom is 0.249 e. The first-order valence-corrected chi connectivity index (χ1v) is 8.25. The van der Waals surface area contributed by atoms with Crippen molar-refractivity contribution >= 4 is 29.1 Å². The fourth-order valence-corrected chi connectivity index (χ4v) is 3.06. The molecule has 2 amide bonds. The Morgan fingerprint density at radius 2 is 2.21 bits per heavy atom. The van der Waals surface area contributed by atoms with Crippen molar-refractivity contribution in [2.45, 2.75) is 25.3 Å². The molecule has 1 N–H and O–H groups in total. The van der Waals surface area contributed by atoms with Crippen molar-refractivity contribution in [3.8, 4) is 0 Å². The molecular formula is C17H19ClN4O2. The normalized spacial score (nSPS) is 17.3. The van der Waals surface area contributed by atoms with E-state index in [1.807, 2.05) is 18.2 Å². The van der Waals surface area contributed by atoms with Gasteiger partial charge in [-0.25, -0.2) is 0 Å². The minimum atomic E-state index is -0.469. The first-order valence-electron chi connectivity index (χ1n) is 7.87. The number of carbonyl (C=O) groups is 2. The highest BCUT2D eigenvalue weighted by Gasteiger charge is 2.33. The van der Waals surface area contributed by atoms with Crippen LogP contribution in [-0.4, -0.2) is 34.2 Å². The number of nitrogens with zero attached hydrogens (tertiary/aromatic N) is 3. The smallest absolute Gasteiger partial charge is 0.249 e. The van der Waals surface area contributed by atoms with Crippen molar-refractivity contribution in [3.63, 3.8) is 0 Å². The number of hydrogen-bond acceptors (Lipinski definition) is 3. The van der Waals surface area contributed by atoms with Crippen LogP contribution in [0.25, 0.3) is 0 Å². The number of carbonyl (C=O) groups excluding carboxylic acids is 2. The number of benzene rings is 1. The van der Waals surface area contributed by atoms with Crippen LogP contribution in [0.15, 0.2) is 36.7 Å². The summed E-state index contributed by atoms with van der Waals surface area (Å²) in [5, 5.41) is 7.56. The Hall–Kier alpha value is -2.34. The predicted molar refractivity (Wildman–Crippen MR) is 91.9 cm³/mol. The molecule has 0 spiro atoms. The van der Waals surface area contributed by atoms with Crippen LogP contribution in [0, 0.1) is 0 Å². The second-order valence-corrected chi connectivity index (χ2v) is 6.27. The lowest BCUT2D eigenvalue weighted by Gasteiger charge is -2.15. The topological polar surface area (TPSA) is 67.2 Å². The Morgan fingerprint density at radius 1 is 1.42 bits per heavy atom. The van der Waals surface area contributed by atoms with E-state index in [-0.39, 0.29) is 11.8 Å². The van der Waals surface area contributed by atoms with Crippen LogP contribution in [0.4, 0.5) is 5.69 Å². The summed E-state index contributed by atoms with van der Waals surface area (Å²) in [7, 11) is 1.80. The van der Waals surface area contributed by atoms with Crippen molar-refractivity contribution in [1.82, 2.24) is 15.1 Å². The monoisotopic (exact) mass is 346 g/mol. The van der Waals surface area contributed by atoms with E-state index < -0.39 is 6.04 Å². The minimum absolute atomic E-state index is 0.0888. The summed E-state index contributed by atoms with van der Waals surface area (Å²) in [5.74, 6) is -0.226. The summed E-state index contributed by atoms with van der Waals surface area (Å²) in [4.78, 5) is 26.2. The molecule has 1 aliphatic rings. The average molecular weight is 347 g/mol. The summed E-state index contributed by atoms with van der Waals surface area (Å²) >= 11 is 6.09. The van der Waals surface area contributed by atoms with Gasteiger partial charge in [0.15, 0.2) is 0 Å². The molecule has 0 bridgehead atoms. The molecular weight excluding hydrogens is 328 g/mol. The summed E-state index contributed by atoms with van der Waals surface area (Å²) in [6, 6.07) is 6.99. The maximum absolute atomic E-state index is 12.4. The molecule has 126 valence electrons. The van der Waals surface area contributed by atoms with Crippen molar-refractivity contribution < 1.29 is 9.59 Å². The second kappa shape index (κ2) is 7.05. The Balaban J connectivity index is 1.54. The third-order valence-corrected chi connectivity index (χ3v) is 4.49. The molecule has 0 saturated carbocycles. The molecule has 3 rings (SSSR count). The zero-order valence-corrected chi connectivity index (χ0v) is 14.2. The van der Waals surface area contributed by atoms with E-state index >= 15 is 0 Å². The fourth-order valence-electron chi connectivity index (χ4n) is 2.83. The van der Waals surface area contributed by atoms with Gasteiger partial charge in [-0.3, -0.25) is 14.3 Å². The van der Waals surface area contributed by atoms with Crippen LogP contribution >= 0.6 is 11.6 Å². The van der Waals surface area contributed by atoms with E-state index in [0.29, 0.717) is 30.8 Å². The van der Waals surface area contributed by atoms with E-state index in [1.54, 1.807) is 35.1 Å². The highest BCUT2D eigenvalue weighted by molar-refractivity contribution is 6.31. The molecule has 0 aliphatic carbocycles. The Bertz CT molecular complexity index is 759. The summed E-state index contributed by atoms with van der Waals surface area (Å²) < 4.78 is 1.65. The molecule has 1 aromatic carbocycles. The summed E-state index contributed by atoms with van der Waals surface area (Å²) in [5.41, 5.74) is 1.69. The number of aromatic nitrogens is 2. The van der Waals surface area contributed by atoms with Gasteiger partial charge in [-0.2, -0.15) is 5.10 Å². The van der Waals surface area contributed by atoms with Crippen molar-refractivity contribution in [2.24, 2.45) is 7.05 Å². The third kappa shape index (κ3) is 3.59. The van der Waals surface area contributed by atoms with Gasteiger partial charge in [0.1, 0.15) is 6.04 Å². The highest BCUT2D eigenvalue weighted by atomic mass is 35.5. The zero-order valence-electron chi connectivity index (χ0n) is 13.4. The highest BCUT2D eigenvalue weighted by Crippen LogP contribution is 2.21. The lowest BCUT2D eigenvalue weighted by atomic mass is 10.1. The number of nitrogens with one attached hydrogen (secondary N) is 1. The fraction of sp³-hybridized carbons (Fsp3) is 0.353. The van der Waals surface area contributed by atoms with Crippen LogP contribution in [0.2, 0.25) is 5.02 Å². The molecule has 1 fully saturated rings. The van der Waals surface area contributed by atoms with E-state index in [0.717, 1.165) is 11.3 Å². The molecule has 24 heavy (non-hydrogen) atoms. The molecule has 1 saturated heterocycles. The predicted octanol–water partition coefficient (Wildman–Crippen LogP) is 1.93. The molecule has 7 heteroatoms. The lowest BCUT2D eigenvalue weighted by Crippen LogP contribution is -2.41. The number of anilines is 1. The first kappa shape index (κ1) is 16.5. The molecule has 0 radical (unpaired) electrons. The van der Waals surface area contributed by atoms with Gasteiger partial charge in [0.2, 0.25) is 11.8 Å². The Labute approximate surface area is 145 Å². The number of amides is 2. The van der Waals surface area contributed by atoms with Crippen LogP contribution in [-0.2, 0) is 23.1 Å². The van der Waals surface area contributed by atoms with Gasteiger partial charge in [-0.05, 0) is 24.5 Å². The lowest BCUT2D eigenvalue weighted by molar-refractivity contribution is -0.126. The van der Waals surface area contributed by atoms with Crippen molar-refractivity contribution in [2.75, 3.05) is 11.4 Å². The van der Waals surface area contributed by atoms with Crippen molar-refractivity contribution in [3.05, 3.63) is 47.2 Å². The van der Waals surface area contributed by atoms with Gasteiger partial charge in [-0.1, -0.05) is 29.8 Å². The van der Waals surface area contributed by atoms with Gasteiger partial charge in [0.05, 0.1) is 11.9 Å². The van der Waals surface area contributed by atoms with E-state index in [1.165, 1.54) is 0 Å². The number of aryl methyl sites for hydroxylation is 2. The second-order valence-electron chi connectivity index (χ2n) is 5.86. The largest absolute Gasteiger partial charge is 0.344 e. The van der Waals surface area contributed by atoms with Crippen molar-refractivity contribution in [1.29, 1.82) is 0 Å². The van der Waals surface area contributed by atoms with E-state index in [4.69, 9.17) is 11.6 Å². The Morgan fingerprint density at radius 3 is 2.92 bits per heavy atom. The molecule has 1 atom stereocenters. The van der Waals surface area contributed by atoms with Crippen LogP contribution in [0.1, 0.15) is 18.4 Å². The summed E-state index contributed by atoms with van der Waals surface area (Å²) in [6.07, 6.45) is 4.91. The molecule has 0 unspecified atom stereocenters. The maximum atomic E-state index is 12.4. The van der Waals surface area contributed by atoms with Gasteiger partial charge in [0.25, 0.3) is 0 Å². The van der Waals surface area contributed by atoms with Gasteiger partial charge in [-0.15, -0.1) is 0 Å².